The molecule has 0 aliphatic carbocycles. The minimum atomic E-state index is -0.603. The van der Waals surface area contributed by atoms with Crippen LogP contribution in [0.2, 0.25) is 0 Å². The topological polar surface area (TPSA) is 113 Å². The molecule has 0 aromatic carbocycles. The number of rotatable bonds is 3. The summed E-state index contributed by atoms with van der Waals surface area (Å²) in [6, 6.07) is 2.74. The normalized spacial score (nSPS) is 14.0. The first-order valence-electron chi connectivity index (χ1n) is 7.23. The van der Waals surface area contributed by atoms with Crippen LogP contribution in [-0.4, -0.2) is 38.5 Å². The van der Waals surface area contributed by atoms with E-state index in [-0.39, 0.29) is 11.5 Å². The molecular weight excluding hydrogens is 300 g/mol. The number of carbonyl (C=O) groups is 1. The predicted molar refractivity (Wildman–Crippen MR) is 83.7 cm³/mol. The van der Waals surface area contributed by atoms with Crippen molar-refractivity contribution in [3.8, 4) is 0 Å². The van der Waals surface area contributed by atoms with Crippen molar-refractivity contribution in [3.05, 3.63) is 45.0 Å². The Balaban J connectivity index is 1.85. The number of hydrogen-bond acceptors (Lipinski definition) is 6. The summed E-state index contributed by atoms with van der Waals surface area (Å²) >= 11 is 0. The fourth-order valence-corrected chi connectivity index (χ4v) is 2.45. The molecule has 0 atom stereocenters. The van der Waals surface area contributed by atoms with Crippen molar-refractivity contribution in [3.63, 3.8) is 0 Å². The van der Waals surface area contributed by atoms with E-state index in [1.165, 1.54) is 13.4 Å². The second kappa shape index (κ2) is 6.03. The quantitative estimate of drug-likeness (QED) is 0.805. The highest BCUT2D eigenvalue weighted by molar-refractivity contribution is 6.02. The molecule has 23 heavy (non-hydrogen) atoms. The zero-order valence-corrected chi connectivity index (χ0v) is 12.6. The molecule has 9 heteroatoms. The predicted octanol–water partition coefficient (Wildman–Crippen LogP) is -0.284. The molecule has 0 bridgehead atoms. The molecule has 0 spiro atoms. The summed E-state index contributed by atoms with van der Waals surface area (Å²) in [5.41, 5.74) is -1.01. The van der Waals surface area contributed by atoms with Crippen LogP contribution in [0.15, 0.2) is 28.0 Å². The van der Waals surface area contributed by atoms with Gasteiger partial charge in [0.15, 0.2) is 0 Å². The molecular formula is C14H16N6O3. The van der Waals surface area contributed by atoms with Gasteiger partial charge in [-0.2, -0.15) is 0 Å². The van der Waals surface area contributed by atoms with Gasteiger partial charge < -0.3 is 10.2 Å². The van der Waals surface area contributed by atoms with E-state index >= 15 is 0 Å². The number of amides is 1. The van der Waals surface area contributed by atoms with Gasteiger partial charge in [0.2, 0.25) is 0 Å². The zero-order valence-electron chi connectivity index (χ0n) is 12.6. The van der Waals surface area contributed by atoms with Crippen LogP contribution >= 0.6 is 0 Å². The maximum absolute atomic E-state index is 12.3. The van der Waals surface area contributed by atoms with Crippen molar-refractivity contribution in [2.24, 2.45) is 7.05 Å². The highest BCUT2D eigenvalue weighted by Crippen LogP contribution is 2.17. The Hall–Kier alpha value is -2.97. The Morgan fingerprint density at radius 1 is 1.22 bits per heavy atom. The third-order valence-corrected chi connectivity index (χ3v) is 3.72. The van der Waals surface area contributed by atoms with Crippen LogP contribution in [0, 0.1) is 0 Å². The van der Waals surface area contributed by atoms with E-state index in [2.05, 4.69) is 25.2 Å². The summed E-state index contributed by atoms with van der Waals surface area (Å²) in [6.45, 7) is 1.81. The Labute approximate surface area is 131 Å². The molecule has 1 fully saturated rings. The fourth-order valence-electron chi connectivity index (χ4n) is 2.45. The summed E-state index contributed by atoms with van der Waals surface area (Å²) < 4.78 is 1.14. The molecule has 2 aromatic rings. The summed E-state index contributed by atoms with van der Waals surface area (Å²) in [5, 5.41) is 2.52. The first-order valence-corrected chi connectivity index (χ1v) is 7.23. The Morgan fingerprint density at radius 3 is 2.70 bits per heavy atom. The number of hydrogen-bond donors (Lipinski definition) is 2. The Bertz CT molecular complexity index is 850. The van der Waals surface area contributed by atoms with Crippen LogP contribution in [0.5, 0.6) is 0 Å². The van der Waals surface area contributed by atoms with E-state index in [9.17, 15) is 14.4 Å². The number of aromatic nitrogens is 4. The Kier molecular flexibility index (Phi) is 3.92. The highest BCUT2D eigenvalue weighted by atomic mass is 16.2. The largest absolute Gasteiger partial charge is 0.357 e. The molecule has 0 radical (unpaired) electrons. The fraction of sp³-hybridized carbons (Fsp3) is 0.357. The van der Waals surface area contributed by atoms with Gasteiger partial charge in [0.25, 0.3) is 11.5 Å². The summed E-state index contributed by atoms with van der Waals surface area (Å²) in [4.78, 5) is 47.5. The average Bonchev–Trinajstić information content (AvgIpc) is 3.06. The SMILES string of the molecule is Cn1c(NC(=O)c2cc(N3CCCC3)ncn2)cc(=O)[nH]c1=O. The van der Waals surface area contributed by atoms with Crippen LogP contribution in [0.25, 0.3) is 0 Å². The van der Waals surface area contributed by atoms with Gasteiger partial charge in [0, 0.05) is 32.3 Å². The van der Waals surface area contributed by atoms with Gasteiger partial charge in [-0.1, -0.05) is 0 Å². The molecule has 3 rings (SSSR count). The maximum atomic E-state index is 12.3. The summed E-state index contributed by atoms with van der Waals surface area (Å²) in [5.74, 6) is 0.293. The molecule has 1 aliphatic rings. The van der Waals surface area contributed by atoms with Crippen LogP contribution in [-0.2, 0) is 7.05 Å². The number of H-pyrrole nitrogens is 1. The lowest BCUT2D eigenvalue weighted by molar-refractivity contribution is 0.102. The molecule has 1 saturated heterocycles. The molecule has 0 saturated carbocycles. The molecule has 1 amide bonds. The molecule has 2 aromatic heterocycles. The van der Waals surface area contributed by atoms with Crippen molar-refractivity contribution < 1.29 is 4.79 Å². The molecule has 1 aliphatic heterocycles. The summed E-state index contributed by atoms with van der Waals surface area (Å²) in [6.07, 6.45) is 3.53. The lowest BCUT2D eigenvalue weighted by atomic mass is 10.3. The first-order chi connectivity index (χ1) is 11.0. The van der Waals surface area contributed by atoms with Crippen molar-refractivity contribution >= 4 is 17.5 Å². The number of aromatic amines is 1. The molecule has 0 unspecified atom stereocenters. The van der Waals surface area contributed by atoms with E-state index < -0.39 is 17.2 Å². The average molecular weight is 316 g/mol. The molecule has 3 heterocycles. The zero-order chi connectivity index (χ0) is 16.4. The standard InChI is InChI=1S/C14H16N6O3/c1-19-11(7-12(21)18-14(19)23)17-13(22)9-6-10(16-8-15-9)20-4-2-3-5-20/h6-8H,2-5H2,1H3,(H,17,22)(H,18,21,23). The lowest BCUT2D eigenvalue weighted by Gasteiger charge is -2.16. The van der Waals surface area contributed by atoms with Crippen molar-refractivity contribution in [2.75, 3.05) is 23.3 Å². The second-order valence-corrected chi connectivity index (χ2v) is 5.29. The van der Waals surface area contributed by atoms with Crippen LogP contribution < -0.4 is 21.5 Å². The number of anilines is 2. The van der Waals surface area contributed by atoms with E-state index in [4.69, 9.17) is 0 Å². The van der Waals surface area contributed by atoms with Crippen molar-refractivity contribution in [2.45, 2.75) is 12.8 Å². The smallest absolute Gasteiger partial charge is 0.329 e. The van der Waals surface area contributed by atoms with Gasteiger partial charge in [-0.3, -0.25) is 19.1 Å². The van der Waals surface area contributed by atoms with Gasteiger partial charge in [-0.25, -0.2) is 14.8 Å². The number of nitrogens with one attached hydrogen (secondary N) is 2. The van der Waals surface area contributed by atoms with E-state index in [1.807, 2.05) is 0 Å². The minimum absolute atomic E-state index is 0.102. The van der Waals surface area contributed by atoms with Crippen molar-refractivity contribution in [1.29, 1.82) is 0 Å². The van der Waals surface area contributed by atoms with Gasteiger partial charge in [0.1, 0.15) is 23.7 Å². The monoisotopic (exact) mass is 316 g/mol. The lowest BCUT2D eigenvalue weighted by Crippen LogP contribution is -2.31. The minimum Gasteiger partial charge on any atom is -0.357 e. The first kappa shape index (κ1) is 14.9. The van der Waals surface area contributed by atoms with Gasteiger partial charge >= 0.3 is 5.69 Å². The Morgan fingerprint density at radius 2 is 1.96 bits per heavy atom. The molecule has 2 N–H and O–H groups in total. The third kappa shape index (κ3) is 3.12. The number of nitrogens with zero attached hydrogens (tertiary/aromatic N) is 4. The van der Waals surface area contributed by atoms with E-state index in [0.29, 0.717) is 5.82 Å². The maximum Gasteiger partial charge on any atom is 0.329 e. The van der Waals surface area contributed by atoms with Gasteiger partial charge in [-0.05, 0) is 12.8 Å². The second-order valence-electron chi connectivity index (χ2n) is 5.29. The molecule has 9 nitrogen and oxygen atoms in total. The summed E-state index contributed by atoms with van der Waals surface area (Å²) in [7, 11) is 1.45. The third-order valence-electron chi connectivity index (χ3n) is 3.72. The van der Waals surface area contributed by atoms with Gasteiger partial charge in [0.05, 0.1) is 0 Å². The van der Waals surface area contributed by atoms with Crippen molar-refractivity contribution in [1.82, 2.24) is 19.5 Å². The van der Waals surface area contributed by atoms with Crippen LogP contribution in [0.1, 0.15) is 23.3 Å². The van der Waals surface area contributed by atoms with E-state index in [1.54, 1.807) is 6.07 Å². The number of carbonyl (C=O) groups excluding carboxylic acids is 1. The van der Waals surface area contributed by atoms with Gasteiger partial charge in [-0.15, -0.1) is 0 Å². The highest BCUT2D eigenvalue weighted by Gasteiger charge is 2.17. The van der Waals surface area contributed by atoms with Crippen LogP contribution in [0.4, 0.5) is 11.6 Å². The van der Waals surface area contributed by atoms with Crippen LogP contribution in [0.3, 0.4) is 0 Å². The molecule has 120 valence electrons. The van der Waals surface area contributed by atoms with E-state index in [0.717, 1.165) is 36.6 Å².